The van der Waals surface area contributed by atoms with E-state index < -0.39 is 0 Å². The van der Waals surface area contributed by atoms with E-state index in [-0.39, 0.29) is 17.9 Å². The first-order chi connectivity index (χ1) is 10.7. The van der Waals surface area contributed by atoms with Crippen molar-refractivity contribution in [3.63, 3.8) is 0 Å². The van der Waals surface area contributed by atoms with Gasteiger partial charge >= 0.3 is 6.03 Å². The summed E-state index contributed by atoms with van der Waals surface area (Å²) in [7, 11) is 1.59. The van der Waals surface area contributed by atoms with Gasteiger partial charge in [-0.05, 0) is 43.0 Å². The van der Waals surface area contributed by atoms with Gasteiger partial charge in [-0.3, -0.25) is 4.79 Å². The Hall–Kier alpha value is -2.08. The molecule has 3 amide bonds. The number of nitrogens with one attached hydrogen (secondary N) is 2. The van der Waals surface area contributed by atoms with Crippen molar-refractivity contribution in [3.8, 4) is 0 Å². The topological polar surface area (TPSA) is 70.7 Å². The van der Waals surface area contributed by atoms with Gasteiger partial charge in [-0.1, -0.05) is 0 Å². The highest BCUT2D eigenvalue weighted by molar-refractivity contribution is 5.99. The van der Waals surface area contributed by atoms with Crippen LogP contribution < -0.4 is 15.5 Å². The summed E-state index contributed by atoms with van der Waals surface area (Å²) in [5.41, 5.74) is 2.85. The molecule has 118 valence electrons. The monoisotopic (exact) mass is 303 g/mol. The summed E-state index contributed by atoms with van der Waals surface area (Å²) in [5, 5.41) is 5.51. The Morgan fingerprint density at radius 2 is 2.18 bits per heavy atom. The molecule has 0 saturated heterocycles. The van der Waals surface area contributed by atoms with E-state index in [9.17, 15) is 9.59 Å². The van der Waals surface area contributed by atoms with Crippen molar-refractivity contribution in [2.75, 3.05) is 37.0 Å². The van der Waals surface area contributed by atoms with E-state index in [4.69, 9.17) is 4.74 Å². The summed E-state index contributed by atoms with van der Waals surface area (Å²) in [6.45, 7) is 1.70. The van der Waals surface area contributed by atoms with Crippen LogP contribution in [0.25, 0.3) is 0 Å². The number of ether oxygens (including phenoxy) is 1. The zero-order chi connectivity index (χ0) is 15.5. The summed E-state index contributed by atoms with van der Waals surface area (Å²) in [6, 6.07) is 5.47. The number of amides is 3. The predicted octanol–water partition coefficient (Wildman–Crippen LogP) is 1.75. The zero-order valence-electron chi connectivity index (χ0n) is 12.7. The van der Waals surface area contributed by atoms with E-state index in [2.05, 4.69) is 10.6 Å². The minimum Gasteiger partial charge on any atom is -0.383 e. The lowest BCUT2D eigenvalue weighted by Gasteiger charge is -2.17. The summed E-state index contributed by atoms with van der Waals surface area (Å²) in [5.74, 6) is 0.479. The van der Waals surface area contributed by atoms with Gasteiger partial charge in [0.2, 0.25) is 5.91 Å². The van der Waals surface area contributed by atoms with Crippen molar-refractivity contribution in [1.82, 2.24) is 5.32 Å². The van der Waals surface area contributed by atoms with Gasteiger partial charge in [0.05, 0.1) is 6.61 Å². The first-order valence-corrected chi connectivity index (χ1v) is 7.67. The summed E-state index contributed by atoms with van der Waals surface area (Å²) in [4.78, 5) is 25.8. The molecular weight excluding hydrogens is 282 g/mol. The van der Waals surface area contributed by atoms with E-state index in [1.165, 1.54) is 0 Å². The molecule has 1 aliphatic heterocycles. The molecule has 2 N–H and O–H groups in total. The third-order valence-corrected chi connectivity index (χ3v) is 4.02. The molecule has 1 saturated carbocycles. The van der Waals surface area contributed by atoms with Crippen LogP contribution in [0.3, 0.4) is 0 Å². The van der Waals surface area contributed by atoms with Gasteiger partial charge in [0.1, 0.15) is 0 Å². The number of benzene rings is 1. The maximum atomic E-state index is 12.2. The summed E-state index contributed by atoms with van der Waals surface area (Å²) >= 11 is 0. The van der Waals surface area contributed by atoms with Crippen molar-refractivity contribution in [2.45, 2.75) is 19.3 Å². The van der Waals surface area contributed by atoms with Crippen molar-refractivity contribution < 1.29 is 14.3 Å². The van der Waals surface area contributed by atoms with Gasteiger partial charge < -0.3 is 20.3 Å². The third kappa shape index (κ3) is 3.22. The normalized spacial score (nSPS) is 16.3. The minimum atomic E-state index is -0.249. The number of urea groups is 1. The SMILES string of the molecule is COCCNC(=O)Nc1ccc2c(c1)CCN2C(=O)C1CC1. The van der Waals surface area contributed by atoms with Gasteiger partial charge in [-0.2, -0.15) is 0 Å². The van der Waals surface area contributed by atoms with Gasteiger partial charge in [-0.25, -0.2) is 4.79 Å². The highest BCUT2D eigenvalue weighted by Gasteiger charge is 2.36. The van der Waals surface area contributed by atoms with Crippen LogP contribution in [0.1, 0.15) is 18.4 Å². The van der Waals surface area contributed by atoms with Crippen LogP contribution in [0.15, 0.2) is 18.2 Å². The zero-order valence-corrected chi connectivity index (χ0v) is 12.7. The molecule has 1 aliphatic carbocycles. The van der Waals surface area contributed by atoms with Gasteiger partial charge in [0.25, 0.3) is 0 Å². The van der Waals surface area contributed by atoms with Crippen molar-refractivity contribution in [2.24, 2.45) is 5.92 Å². The van der Waals surface area contributed by atoms with Crippen molar-refractivity contribution >= 4 is 23.3 Å². The number of nitrogens with zero attached hydrogens (tertiary/aromatic N) is 1. The van der Waals surface area contributed by atoms with E-state index in [0.717, 1.165) is 42.7 Å². The molecule has 6 heteroatoms. The summed E-state index contributed by atoms with van der Waals surface area (Å²) < 4.78 is 4.88. The Balaban J connectivity index is 1.62. The number of fused-ring (bicyclic) bond motifs is 1. The Bertz CT molecular complexity index is 584. The average molecular weight is 303 g/mol. The van der Waals surface area contributed by atoms with Crippen molar-refractivity contribution in [3.05, 3.63) is 23.8 Å². The maximum absolute atomic E-state index is 12.2. The molecule has 6 nitrogen and oxygen atoms in total. The molecule has 0 aromatic heterocycles. The van der Waals surface area contributed by atoms with Gasteiger partial charge in [0.15, 0.2) is 0 Å². The maximum Gasteiger partial charge on any atom is 0.319 e. The smallest absolute Gasteiger partial charge is 0.319 e. The molecule has 1 fully saturated rings. The second-order valence-electron chi connectivity index (χ2n) is 5.73. The number of carbonyl (C=O) groups excluding carboxylic acids is 2. The molecule has 0 radical (unpaired) electrons. The number of carbonyl (C=O) groups is 2. The molecule has 1 heterocycles. The van der Waals surface area contributed by atoms with Crippen LogP contribution in [0.5, 0.6) is 0 Å². The van der Waals surface area contributed by atoms with Crippen LogP contribution in [-0.4, -0.2) is 38.7 Å². The third-order valence-electron chi connectivity index (χ3n) is 4.02. The minimum absolute atomic E-state index is 0.232. The number of rotatable bonds is 5. The van der Waals surface area contributed by atoms with E-state index in [1.54, 1.807) is 7.11 Å². The van der Waals surface area contributed by atoms with E-state index in [1.807, 2.05) is 23.1 Å². The Labute approximate surface area is 129 Å². The van der Waals surface area contributed by atoms with Crippen LogP contribution in [0.2, 0.25) is 0 Å². The predicted molar refractivity (Wildman–Crippen MR) is 84.1 cm³/mol. The summed E-state index contributed by atoms with van der Waals surface area (Å²) in [6.07, 6.45) is 2.88. The first-order valence-electron chi connectivity index (χ1n) is 7.67. The fourth-order valence-corrected chi connectivity index (χ4v) is 2.70. The Kier molecular flexibility index (Phi) is 4.29. The van der Waals surface area contributed by atoms with E-state index >= 15 is 0 Å². The molecule has 0 atom stereocenters. The standard InChI is InChI=1S/C16H21N3O3/c1-22-9-7-17-16(21)18-13-4-5-14-12(10-13)6-8-19(14)15(20)11-2-3-11/h4-5,10-11H,2-3,6-9H2,1H3,(H2,17,18,21). The molecule has 0 spiro atoms. The van der Waals surface area contributed by atoms with Gasteiger partial charge in [-0.15, -0.1) is 0 Å². The lowest BCUT2D eigenvalue weighted by atomic mass is 10.1. The quantitative estimate of drug-likeness (QED) is 0.814. The fraction of sp³-hybridized carbons (Fsp3) is 0.500. The molecule has 1 aromatic rings. The highest BCUT2D eigenvalue weighted by Crippen LogP contribution is 2.37. The van der Waals surface area contributed by atoms with Crippen LogP contribution >= 0.6 is 0 Å². The molecule has 1 aromatic carbocycles. The highest BCUT2D eigenvalue weighted by atomic mass is 16.5. The number of hydrogen-bond acceptors (Lipinski definition) is 3. The second-order valence-corrected chi connectivity index (χ2v) is 5.73. The molecule has 22 heavy (non-hydrogen) atoms. The molecular formula is C16H21N3O3. The number of methoxy groups -OCH3 is 1. The number of hydrogen-bond donors (Lipinski definition) is 2. The van der Waals surface area contributed by atoms with Crippen LogP contribution in [0, 0.1) is 5.92 Å². The van der Waals surface area contributed by atoms with Crippen LogP contribution in [0.4, 0.5) is 16.2 Å². The lowest BCUT2D eigenvalue weighted by Crippen LogP contribution is -2.31. The molecule has 2 aliphatic rings. The average Bonchev–Trinajstić information content (AvgIpc) is 3.27. The van der Waals surface area contributed by atoms with Crippen LogP contribution in [-0.2, 0) is 16.0 Å². The largest absolute Gasteiger partial charge is 0.383 e. The first kappa shape index (κ1) is 14.8. The second kappa shape index (κ2) is 6.36. The lowest BCUT2D eigenvalue weighted by molar-refractivity contribution is -0.119. The van der Waals surface area contributed by atoms with Gasteiger partial charge in [0, 0.05) is 37.5 Å². The Morgan fingerprint density at radius 1 is 1.36 bits per heavy atom. The molecule has 3 rings (SSSR count). The Morgan fingerprint density at radius 3 is 2.91 bits per heavy atom. The molecule has 0 unspecified atom stereocenters. The van der Waals surface area contributed by atoms with Crippen molar-refractivity contribution in [1.29, 1.82) is 0 Å². The molecule has 0 bridgehead atoms. The fourth-order valence-electron chi connectivity index (χ4n) is 2.70. The van der Waals surface area contributed by atoms with E-state index in [0.29, 0.717) is 13.2 Å². The number of anilines is 2.